The highest BCUT2D eigenvalue weighted by Gasteiger charge is 2.42. The Labute approximate surface area is 201 Å². The van der Waals surface area contributed by atoms with Crippen molar-refractivity contribution < 1.29 is 23.8 Å². The van der Waals surface area contributed by atoms with Gasteiger partial charge in [0.1, 0.15) is 18.3 Å². The lowest BCUT2D eigenvalue weighted by Crippen LogP contribution is -2.58. The van der Waals surface area contributed by atoms with Crippen molar-refractivity contribution in [2.24, 2.45) is 0 Å². The standard InChI is InChI=1S/C27H34N2O5/c1-32-22-12-10-20(11-13-22)26-27(31)29(21-7-5-4-6-8-21)18-25(30)28(26)16-15-19-9-14-23(33-2)24(17-19)34-3/h9-14,17,21,26H,4-8,15-16,18H2,1-3H3/t26-/m1/s1. The first-order valence-electron chi connectivity index (χ1n) is 12.0. The predicted octanol–water partition coefficient (Wildman–Crippen LogP) is 4.00. The Balaban J connectivity index is 1.59. The summed E-state index contributed by atoms with van der Waals surface area (Å²) in [4.78, 5) is 30.8. The Morgan fingerprint density at radius 3 is 2.21 bits per heavy atom. The lowest BCUT2D eigenvalue weighted by atomic mass is 9.91. The normalized spacial score (nSPS) is 19.3. The fourth-order valence-corrected chi connectivity index (χ4v) is 5.10. The zero-order valence-corrected chi connectivity index (χ0v) is 20.3. The van der Waals surface area contributed by atoms with Crippen molar-refractivity contribution in [3.8, 4) is 17.2 Å². The van der Waals surface area contributed by atoms with E-state index in [1.54, 1.807) is 26.2 Å². The van der Waals surface area contributed by atoms with Crippen LogP contribution in [-0.4, -0.2) is 62.1 Å². The van der Waals surface area contributed by atoms with Crippen LogP contribution >= 0.6 is 0 Å². The summed E-state index contributed by atoms with van der Waals surface area (Å²) in [5.41, 5.74) is 1.83. The van der Waals surface area contributed by atoms with Crippen molar-refractivity contribution in [3.05, 3.63) is 53.6 Å². The second kappa shape index (κ2) is 10.8. The van der Waals surface area contributed by atoms with E-state index >= 15 is 0 Å². The van der Waals surface area contributed by atoms with Crippen molar-refractivity contribution in [3.63, 3.8) is 0 Å². The highest BCUT2D eigenvalue weighted by atomic mass is 16.5. The Morgan fingerprint density at radius 2 is 1.56 bits per heavy atom. The van der Waals surface area contributed by atoms with Crippen LogP contribution in [0.3, 0.4) is 0 Å². The molecule has 1 saturated heterocycles. The topological polar surface area (TPSA) is 68.3 Å². The van der Waals surface area contributed by atoms with Gasteiger partial charge >= 0.3 is 0 Å². The van der Waals surface area contributed by atoms with Gasteiger partial charge in [-0.2, -0.15) is 0 Å². The van der Waals surface area contributed by atoms with Gasteiger partial charge < -0.3 is 24.0 Å². The third kappa shape index (κ3) is 4.98. The zero-order valence-electron chi connectivity index (χ0n) is 20.3. The number of rotatable bonds is 8. The number of nitrogens with zero attached hydrogens (tertiary/aromatic N) is 2. The molecule has 4 rings (SSSR count). The minimum atomic E-state index is -0.630. The molecule has 7 nitrogen and oxygen atoms in total. The summed E-state index contributed by atoms with van der Waals surface area (Å²) < 4.78 is 16.0. The molecule has 2 amide bonds. The summed E-state index contributed by atoms with van der Waals surface area (Å²) in [5.74, 6) is 2.04. The minimum Gasteiger partial charge on any atom is -0.497 e. The zero-order chi connectivity index (χ0) is 24.1. The summed E-state index contributed by atoms with van der Waals surface area (Å²) >= 11 is 0. The summed E-state index contributed by atoms with van der Waals surface area (Å²) in [6.07, 6.45) is 5.97. The number of carbonyl (C=O) groups is 2. The van der Waals surface area contributed by atoms with Crippen molar-refractivity contribution in [1.82, 2.24) is 9.80 Å². The molecular weight excluding hydrogens is 432 g/mol. The monoisotopic (exact) mass is 466 g/mol. The van der Waals surface area contributed by atoms with E-state index in [1.165, 1.54) is 6.42 Å². The molecule has 2 fully saturated rings. The number of piperazine rings is 1. The molecule has 0 N–H and O–H groups in total. The summed E-state index contributed by atoms with van der Waals surface area (Å²) in [7, 11) is 4.83. The van der Waals surface area contributed by atoms with E-state index in [-0.39, 0.29) is 24.4 Å². The molecular formula is C27H34N2O5. The lowest BCUT2D eigenvalue weighted by molar-refractivity contribution is -0.159. The quantitative estimate of drug-likeness (QED) is 0.588. The molecule has 1 saturated carbocycles. The van der Waals surface area contributed by atoms with Gasteiger partial charge in [-0.05, 0) is 54.7 Å². The number of ether oxygens (including phenoxy) is 3. The van der Waals surface area contributed by atoms with Crippen LogP contribution in [0.1, 0.15) is 49.3 Å². The Kier molecular flexibility index (Phi) is 7.60. The molecule has 1 aliphatic heterocycles. The SMILES string of the molecule is COc1ccc([C@@H]2C(=O)N(C3CCCCC3)CC(=O)N2CCc2ccc(OC)c(OC)c2)cc1. The van der Waals surface area contributed by atoms with Gasteiger partial charge in [-0.3, -0.25) is 9.59 Å². The largest absolute Gasteiger partial charge is 0.497 e. The second-order valence-corrected chi connectivity index (χ2v) is 8.96. The van der Waals surface area contributed by atoms with Crippen LogP contribution in [0.25, 0.3) is 0 Å². The van der Waals surface area contributed by atoms with Crippen LogP contribution in [0, 0.1) is 0 Å². The summed E-state index contributed by atoms with van der Waals surface area (Å²) in [5, 5.41) is 0. The van der Waals surface area contributed by atoms with Gasteiger partial charge in [0.05, 0.1) is 21.3 Å². The molecule has 0 spiro atoms. The third-order valence-electron chi connectivity index (χ3n) is 6.99. The van der Waals surface area contributed by atoms with Gasteiger partial charge in [-0.25, -0.2) is 0 Å². The van der Waals surface area contributed by atoms with E-state index in [4.69, 9.17) is 14.2 Å². The Bertz CT molecular complexity index is 1000. The van der Waals surface area contributed by atoms with E-state index in [9.17, 15) is 9.59 Å². The first kappa shape index (κ1) is 23.9. The molecule has 7 heteroatoms. The molecule has 1 atom stereocenters. The van der Waals surface area contributed by atoms with Crippen molar-refractivity contribution in [2.45, 2.75) is 50.6 Å². The first-order chi connectivity index (χ1) is 16.5. The molecule has 0 bridgehead atoms. The van der Waals surface area contributed by atoms with E-state index in [2.05, 4.69) is 0 Å². The molecule has 0 radical (unpaired) electrons. The van der Waals surface area contributed by atoms with Crippen LogP contribution in [0.5, 0.6) is 17.2 Å². The molecule has 2 aliphatic rings. The number of hydrogen-bond acceptors (Lipinski definition) is 5. The number of hydrogen-bond donors (Lipinski definition) is 0. The molecule has 1 aliphatic carbocycles. The molecule has 0 unspecified atom stereocenters. The Morgan fingerprint density at radius 1 is 0.853 bits per heavy atom. The highest BCUT2D eigenvalue weighted by molar-refractivity contribution is 5.95. The van der Waals surface area contributed by atoms with Gasteiger partial charge in [-0.1, -0.05) is 37.5 Å². The van der Waals surface area contributed by atoms with E-state index in [0.29, 0.717) is 24.5 Å². The minimum absolute atomic E-state index is 0.00790. The first-order valence-corrected chi connectivity index (χ1v) is 12.0. The number of methoxy groups -OCH3 is 3. The van der Waals surface area contributed by atoms with Crippen molar-refractivity contribution in [1.29, 1.82) is 0 Å². The predicted molar refractivity (Wildman–Crippen MR) is 129 cm³/mol. The van der Waals surface area contributed by atoms with Crippen LogP contribution in [0.15, 0.2) is 42.5 Å². The van der Waals surface area contributed by atoms with E-state index in [1.807, 2.05) is 47.4 Å². The van der Waals surface area contributed by atoms with E-state index in [0.717, 1.165) is 42.6 Å². The third-order valence-corrected chi connectivity index (χ3v) is 6.99. The maximum absolute atomic E-state index is 13.8. The summed E-state index contributed by atoms with van der Waals surface area (Å²) in [6.45, 7) is 0.595. The summed E-state index contributed by atoms with van der Waals surface area (Å²) in [6, 6.07) is 12.8. The molecule has 1 heterocycles. The number of carbonyl (C=O) groups excluding carboxylic acids is 2. The van der Waals surface area contributed by atoms with Crippen LogP contribution in [0.2, 0.25) is 0 Å². The average Bonchev–Trinajstić information content (AvgIpc) is 2.89. The fourth-order valence-electron chi connectivity index (χ4n) is 5.10. The fraction of sp³-hybridized carbons (Fsp3) is 0.481. The Hall–Kier alpha value is -3.22. The number of amides is 2. The van der Waals surface area contributed by atoms with Gasteiger partial charge in [0.15, 0.2) is 11.5 Å². The van der Waals surface area contributed by atoms with Crippen LogP contribution < -0.4 is 14.2 Å². The molecule has 34 heavy (non-hydrogen) atoms. The van der Waals surface area contributed by atoms with Gasteiger partial charge in [0, 0.05) is 12.6 Å². The maximum atomic E-state index is 13.8. The molecule has 2 aromatic carbocycles. The van der Waals surface area contributed by atoms with Crippen LogP contribution in [0.4, 0.5) is 0 Å². The van der Waals surface area contributed by atoms with Gasteiger partial charge in [-0.15, -0.1) is 0 Å². The average molecular weight is 467 g/mol. The maximum Gasteiger partial charge on any atom is 0.250 e. The highest BCUT2D eigenvalue weighted by Crippen LogP contribution is 2.34. The van der Waals surface area contributed by atoms with Crippen LogP contribution in [-0.2, 0) is 16.0 Å². The lowest BCUT2D eigenvalue weighted by Gasteiger charge is -2.44. The van der Waals surface area contributed by atoms with E-state index < -0.39 is 6.04 Å². The van der Waals surface area contributed by atoms with Crippen molar-refractivity contribution >= 4 is 11.8 Å². The van der Waals surface area contributed by atoms with Gasteiger partial charge in [0.2, 0.25) is 5.91 Å². The van der Waals surface area contributed by atoms with Crippen molar-refractivity contribution in [2.75, 3.05) is 34.4 Å². The van der Waals surface area contributed by atoms with Gasteiger partial charge in [0.25, 0.3) is 5.91 Å². The second-order valence-electron chi connectivity index (χ2n) is 8.96. The number of benzene rings is 2. The smallest absolute Gasteiger partial charge is 0.250 e. The molecule has 2 aromatic rings. The molecule has 0 aromatic heterocycles. The molecule has 182 valence electrons.